The smallest absolute Gasteiger partial charge is 0.165 e. The second-order valence-corrected chi connectivity index (χ2v) is 15.0. The van der Waals surface area contributed by atoms with Gasteiger partial charge in [-0.3, -0.25) is 0 Å². The molecule has 9 aromatic carbocycles. The molecule has 0 bridgehead atoms. The van der Waals surface area contributed by atoms with Crippen LogP contribution >= 0.6 is 11.3 Å². The second-order valence-electron chi connectivity index (χ2n) is 13.9. The van der Waals surface area contributed by atoms with Crippen LogP contribution in [0.25, 0.3) is 109 Å². The molecule has 55 heavy (non-hydrogen) atoms. The lowest BCUT2D eigenvalue weighted by atomic mass is 9.86. The van der Waals surface area contributed by atoms with Gasteiger partial charge in [0.1, 0.15) is 0 Å². The molecule has 256 valence electrons. The Morgan fingerprint density at radius 2 is 0.782 bits per heavy atom. The lowest BCUT2D eigenvalue weighted by Crippen LogP contribution is -2.02. The van der Waals surface area contributed by atoms with Gasteiger partial charge < -0.3 is 0 Å². The molecule has 11 rings (SSSR count). The van der Waals surface area contributed by atoms with E-state index in [4.69, 9.17) is 15.0 Å². The van der Waals surface area contributed by atoms with Gasteiger partial charge in [-0.25, -0.2) is 15.0 Å². The molecule has 0 saturated carbocycles. The van der Waals surface area contributed by atoms with Gasteiger partial charge in [-0.05, 0) is 66.7 Å². The summed E-state index contributed by atoms with van der Waals surface area (Å²) in [6, 6.07) is 66.8. The maximum atomic E-state index is 5.42. The summed E-state index contributed by atoms with van der Waals surface area (Å²) in [6.45, 7) is 0. The van der Waals surface area contributed by atoms with Gasteiger partial charge in [0.2, 0.25) is 0 Å². The normalized spacial score (nSPS) is 11.6. The van der Waals surface area contributed by atoms with Gasteiger partial charge in [-0.2, -0.15) is 0 Å². The fraction of sp³-hybridized carbons (Fsp3) is 0. The van der Waals surface area contributed by atoms with Crippen LogP contribution in [0.3, 0.4) is 0 Å². The number of rotatable bonds is 5. The Kier molecular flexibility index (Phi) is 7.35. The van der Waals surface area contributed by atoms with E-state index in [-0.39, 0.29) is 0 Å². The minimum absolute atomic E-state index is 0.643. The third kappa shape index (κ3) is 5.22. The molecule has 0 atom stereocenters. The van der Waals surface area contributed by atoms with E-state index in [1.54, 1.807) is 11.3 Å². The summed E-state index contributed by atoms with van der Waals surface area (Å²) >= 11 is 1.79. The average Bonchev–Trinajstić information content (AvgIpc) is 3.65. The summed E-state index contributed by atoms with van der Waals surface area (Å²) in [5.41, 5.74) is 7.70. The van der Waals surface area contributed by atoms with Crippen molar-refractivity contribution >= 4 is 63.8 Å². The first-order valence-electron chi connectivity index (χ1n) is 18.5. The molecular formula is C51H31N3S. The zero-order valence-corrected chi connectivity index (χ0v) is 30.5. The molecule has 0 aliphatic rings. The fourth-order valence-corrected chi connectivity index (χ4v) is 9.42. The highest BCUT2D eigenvalue weighted by atomic mass is 32.1. The highest BCUT2D eigenvalue weighted by molar-refractivity contribution is 7.26. The third-order valence-electron chi connectivity index (χ3n) is 10.7. The van der Waals surface area contributed by atoms with Crippen molar-refractivity contribution in [2.24, 2.45) is 0 Å². The molecule has 0 saturated heterocycles. The van der Waals surface area contributed by atoms with Crippen molar-refractivity contribution in [2.45, 2.75) is 0 Å². The summed E-state index contributed by atoms with van der Waals surface area (Å²) in [6.07, 6.45) is 0. The first kappa shape index (κ1) is 31.5. The van der Waals surface area contributed by atoms with Crippen molar-refractivity contribution in [3.63, 3.8) is 0 Å². The van der Waals surface area contributed by atoms with Crippen molar-refractivity contribution in [3.8, 4) is 56.4 Å². The highest BCUT2D eigenvalue weighted by Crippen LogP contribution is 2.46. The minimum Gasteiger partial charge on any atom is -0.208 e. The predicted octanol–water partition coefficient (Wildman–Crippen LogP) is 14.0. The van der Waals surface area contributed by atoms with Crippen LogP contribution in [-0.2, 0) is 0 Å². The Balaban J connectivity index is 1.20. The molecule has 0 amide bonds. The van der Waals surface area contributed by atoms with Crippen LogP contribution in [0.15, 0.2) is 188 Å². The molecule has 0 spiro atoms. The molecule has 0 fully saturated rings. The number of benzene rings is 9. The van der Waals surface area contributed by atoms with Crippen LogP contribution in [0, 0.1) is 0 Å². The number of fused-ring (bicyclic) bond motifs is 6. The zero-order chi connectivity index (χ0) is 36.3. The molecule has 0 aliphatic carbocycles. The summed E-state index contributed by atoms with van der Waals surface area (Å²) in [5.74, 6) is 1.96. The first-order chi connectivity index (χ1) is 27.3. The van der Waals surface area contributed by atoms with Crippen molar-refractivity contribution < 1.29 is 0 Å². The first-order valence-corrected chi connectivity index (χ1v) is 19.3. The standard InChI is InChI=1S/C51H31N3S/c1-2-14-32(15-3-1)33-28-30-35(31-29-33)49-52-50(44-26-13-25-43-37-19-10-11-27-45(37)55-48(43)44)54-51(53-49)47-41-22-8-6-20-39(41)46(40-21-7-9-23-42(40)47)38-24-12-17-34-16-4-5-18-36(34)38/h1-31H. The van der Waals surface area contributed by atoms with Crippen LogP contribution in [0.4, 0.5) is 0 Å². The predicted molar refractivity (Wildman–Crippen MR) is 232 cm³/mol. The average molecular weight is 718 g/mol. The lowest BCUT2D eigenvalue weighted by Gasteiger charge is -2.18. The summed E-state index contributed by atoms with van der Waals surface area (Å²) in [5, 5.41) is 9.44. The maximum Gasteiger partial charge on any atom is 0.165 e. The van der Waals surface area contributed by atoms with Gasteiger partial charge in [0.15, 0.2) is 17.5 Å². The lowest BCUT2D eigenvalue weighted by molar-refractivity contribution is 1.08. The van der Waals surface area contributed by atoms with Crippen molar-refractivity contribution in [1.82, 2.24) is 15.0 Å². The van der Waals surface area contributed by atoms with Crippen molar-refractivity contribution in [1.29, 1.82) is 0 Å². The molecule has 2 aromatic heterocycles. The molecule has 4 heteroatoms. The maximum absolute atomic E-state index is 5.42. The summed E-state index contributed by atoms with van der Waals surface area (Å²) in [4.78, 5) is 16.0. The van der Waals surface area contributed by atoms with E-state index >= 15 is 0 Å². The Morgan fingerprint density at radius 3 is 1.53 bits per heavy atom. The number of thiophene rings is 1. The molecule has 0 radical (unpaired) electrons. The molecule has 0 aliphatic heterocycles. The van der Waals surface area contributed by atoms with E-state index in [2.05, 4.69) is 182 Å². The van der Waals surface area contributed by atoms with E-state index in [1.165, 1.54) is 47.6 Å². The topological polar surface area (TPSA) is 38.7 Å². The van der Waals surface area contributed by atoms with Crippen LogP contribution in [0.2, 0.25) is 0 Å². The highest BCUT2D eigenvalue weighted by Gasteiger charge is 2.22. The van der Waals surface area contributed by atoms with Crippen LogP contribution in [-0.4, -0.2) is 15.0 Å². The van der Waals surface area contributed by atoms with E-state index < -0.39 is 0 Å². The van der Waals surface area contributed by atoms with E-state index in [0.29, 0.717) is 17.5 Å². The Hall–Kier alpha value is -7.01. The Bertz CT molecular complexity index is 3190. The number of hydrogen-bond acceptors (Lipinski definition) is 4. The number of nitrogens with zero attached hydrogens (tertiary/aromatic N) is 3. The minimum atomic E-state index is 0.643. The largest absolute Gasteiger partial charge is 0.208 e. The second kappa shape index (κ2) is 12.8. The van der Waals surface area contributed by atoms with Crippen molar-refractivity contribution in [3.05, 3.63) is 188 Å². The van der Waals surface area contributed by atoms with E-state index in [0.717, 1.165) is 43.8 Å². The van der Waals surface area contributed by atoms with E-state index in [9.17, 15) is 0 Å². The number of hydrogen-bond donors (Lipinski definition) is 0. The van der Waals surface area contributed by atoms with Gasteiger partial charge in [-0.15, -0.1) is 11.3 Å². The van der Waals surface area contributed by atoms with Gasteiger partial charge >= 0.3 is 0 Å². The van der Waals surface area contributed by atoms with Crippen molar-refractivity contribution in [2.75, 3.05) is 0 Å². The molecule has 0 unspecified atom stereocenters. The molecule has 2 heterocycles. The SMILES string of the molecule is c1ccc(-c2ccc(-c3nc(-c4c5ccccc5c(-c5cccc6ccccc56)c5ccccc45)nc(-c4cccc5c4sc4ccccc45)n3)cc2)cc1. The van der Waals surface area contributed by atoms with Crippen LogP contribution < -0.4 is 0 Å². The monoisotopic (exact) mass is 717 g/mol. The number of aromatic nitrogens is 3. The molecule has 3 nitrogen and oxygen atoms in total. The van der Waals surface area contributed by atoms with Gasteiger partial charge in [0.25, 0.3) is 0 Å². The molecule has 11 aromatic rings. The van der Waals surface area contributed by atoms with Gasteiger partial charge in [0.05, 0.1) is 0 Å². The quantitative estimate of drug-likeness (QED) is 0.166. The Labute approximate surface area is 321 Å². The van der Waals surface area contributed by atoms with Gasteiger partial charge in [-0.1, -0.05) is 176 Å². The third-order valence-corrected chi connectivity index (χ3v) is 12.0. The summed E-state index contributed by atoms with van der Waals surface area (Å²) < 4.78 is 2.42. The van der Waals surface area contributed by atoms with E-state index in [1.807, 2.05) is 6.07 Å². The van der Waals surface area contributed by atoms with Gasteiger partial charge in [0, 0.05) is 36.9 Å². The Morgan fingerprint density at radius 1 is 0.291 bits per heavy atom. The van der Waals surface area contributed by atoms with Crippen LogP contribution in [0.5, 0.6) is 0 Å². The zero-order valence-electron chi connectivity index (χ0n) is 29.6. The summed E-state index contributed by atoms with van der Waals surface area (Å²) in [7, 11) is 0. The molecule has 0 N–H and O–H groups in total. The fourth-order valence-electron chi connectivity index (χ4n) is 8.21. The van der Waals surface area contributed by atoms with Crippen LogP contribution in [0.1, 0.15) is 0 Å². The molecular weight excluding hydrogens is 687 g/mol.